The van der Waals surface area contributed by atoms with E-state index in [2.05, 4.69) is 87.9 Å². The maximum Gasteiger partial charge on any atom is 0.357 e. The summed E-state index contributed by atoms with van der Waals surface area (Å²) < 4.78 is 6.34. The topological polar surface area (TPSA) is 540 Å². The first-order valence-electron chi connectivity index (χ1n) is 35.0. The average Bonchev–Trinajstić information content (AvgIpc) is 1.66. The normalized spacial score (nSPS) is 26.8. The highest BCUT2D eigenvalue weighted by Crippen LogP contribution is 2.48. The molecule has 0 aromatic carbocycles. The van der Waals surface area contributed by atoms with Gasteiger partial charge in [-0.25, -0.2) is 34.5 Å². The molecule has 0 radical (unpaired) electrons. The van der Waals surface area contributed by atoms with Crippen LogP contribution >= 0.6 is 69.3 Å². The maximum atomic E-state index is 15.4. The summed E-state index contributed by atoms with van der Waals surface area (Å²) in [4.78, 5) is 188. The summed E-state index contributed by atoms with van der Waals surface area (Å²) in [6.07, 6.45) is -3.27. The third-order valence-electron chi connectivity index (χ3n) is 18.9. The molecule has 113 heavy (non-hydrogen) atoms. The van der Waals surface area contributed by atoms with Crippen LogP contribution in [-0.4, -0.2) is 202 Å². The van der Waals surface area contributed by atoms with Gasteiger partial charge < -0.3 is 88.5 Å². The molecule has 4 aliphatic heterocycles. The highest BCUT2D eigenvalue weighted by Gasteiger charge is 2.51. The summed E-state index contributed by atoms with van der Waals surface area (Å²) in [5, 5.41) is 101. The third kappa shape index (κ3) is 18.7. The molecule has 36 nitrogen and oxygen atoms in total. The van der Waals surface area contributed by atoms with Crippen LogP contribution in [0.25, 0.3) is 6.08 Å². The van der Waals surface area contributed by atoms with E-state index >= 15 is 9.59 Å². The molecule has 9 amide bonds. The van der Waals surface area contributed by atoms with E-state index in [-0.39, 0.29) is 100 Å². The number of carbonyl (C=O) groups excluding carboxylic acids is 10. The molecule has 0 saturated carbocycles. The molecule has 0 saturated heterocycles. The largest absolute Gasteiger partial charge is 0.477 e. The van der Waals surface area contributed by atoms with Gasteiger partial charge in [-0.2, -0.15) is 0 Å². The van der Waals surface area contributed by atoms with Crippen molar-refractivity contribution in [2.24, 2.45) is 15.9 Å². The predicted octanol–water partition coefficient (Wildman–Crippen LogP) is 1.52. The Bertz CT molecular complexity index is 4860. The smallest absolute Gasteiger partial charge is 0.357 e. The maximum absolute atomic E-state index is 15.4. The number of amides is 9. The zero-order valence-corrected chi connectivity index (χ0v) is 67.1. The number of ether oxygens (including phenoxy) is 1. The van der Waals surface area contributed by atoms with Gasteiger partial charge in [0.15, 0.2) is 0 Å². The molecule has 42 heteroatoms. The number of aromatic nitrogens is 5. The first-order valence-corrected chi connectivity index (χ1v) is 39.8. The minimum atomic E-state index is -2.13. The van der Waals surface area contributed by atoms with Gasteiger partial charge in [0.1, 0.15) is 123 Å². The van der Waals surface area contributed by atoms with E-state index in [4.69, 9.17) is 36.9 Å². The van der Waals surface area contributed by atoms with Gasteiger partial charge in [0.25, 0.3) is 23.6 Å². The van der Waals surface area contributed by atoms with Gasteiger partial charge in [0.05, 0.1) is 71.1 Å². The zero-order chi connectivity index (χ0) is 82.7. The fraction of sp³-hybridized carbons (Fsp3) is 0.423. The number of fused-ring (bicyclic) bond motifs is 8. The first kappa shape index (κ1) is 85.3. The van der Waals surface area contributed by atoms with Crippen molar-refractivity contribution in [2.75, 3.05) is 6.54 Å². The Kier molecular flexibility index (Phi) is 26.5. The monoisotopic (exact) mass is 1670 g/mol. The van der Waals surface area contributed by atoms with Crippen LogP contribution in [0.5, 0.6) is 0 Å². The number of aliphatic hydroxyl groups is 5. The minimum absolute atomic E-state index is 0.00685. The van der Waals surface area contributed by atoms with Crippen molar-refractivity contribution in [3.63, 3.8) is 0 Å². The molecule has 17 N–H and O–H groups in total. The van der Waals surface area contributed by atoms with Crippen molar-refractivity contribution in [3.8, 4) is 0 Å². The molecule has 16 atom stereocenters. The number of rotatable bonds is 11. The Hall–Kier alpha value is -10.1. The fourth-order valence-electron chi connectivity index (χ4n) is 12.2. The number of hydrogen-bond acceptors (Lipinski definition) is 31. The summed E-state index contributed by atoms with van der Waals surface area (Å²) in [5.41, 5.74) is -6.56. The van der Waals surface area contributed by atoms with Crippen LogP contribution in [-0.2, 0) is 48.6 Å². The van der Waals surface area contributed by atoms with E-state index in [9.17, 15) is 73.8 Å². The Morgan fingerprint density at radius 3 is 2.14 bits per heavy atom. The highest BCUT2D eigenvalue weighted by molar-refractivity contribution is 8.15. The Labute approximate surface area is 671 Å². The number of cyclic esters (lactones) is 1. The molecule has 5 aliphatic rings. The van der Waals surface area contributed by atoms with Crippen LogP contribution in [0.2, 0.25) is 0 Å². The summed E-state index contributed by atoms with van der Waals surface area (Å²) >= 11 is 10.7. The summed E-state index contributed by atoms with van der Waals surface area (Å²) in [6.45, 7) is 24.7. The van der Waals surface area contributed by atoms with Crippen LogP contribution < -0.4 is 58.5 Å². The SMILES string of the molecule is C=C(NC(=O)C(=C)NC(=O)c1csc(C2=NC3c4csc(n4)C4NC(=S)c5csc(n5)C(C(C)(O)C(C)O)NC(=O)C5CN=C(S5)C(=CC)NC(=O)C(C(C)O)NC(=O)c5csc(n5)C3(CC2)NC(=O)C(C)NC(=O)C(=C)NC(=O)C(C)NC(=O)C(C(C)C)NC2C=Cc3c(C(C)O)cc(nc3C2O)C(=O)OC4C)n1)C(=O)O. The quantitative estimate of drug-likeness (QED) is 0.0506. The number of carboxylic acids is 1. The number of hydrogen-bond donors (Lipinski definition) is 17. The van der Waals surface area contributed by atoms with Crippen molar-refractivity contribution in [1.82, 2.24) is 83.4 Å². The van der Waals surface area contributed by atoms with Crippen molar-refractivity contribution in [1.29, 1.82) is 0 Å². The van der Waals surface area contributed by atoms with Gasteiger partial charge in [0.2, 0.25) is 29.5 Å². The molecule has 16 unspecified atom stereocenters. The Morgan fingerprint density at radius 2 is 1.47 bits per heavy atom. The van der Waals surface area contributed by atoms with Crippen LogP contribution in [0.3, 0.4) is 0 Å². The van der Waals surface area contributed by atoms with Gasteiger partial charge in [-0.3, -0.25) is 58.5 Å². The lowest BCUT2D eigenvalue weighted by molar-refractivity contribution is -0.134. The van der Waals surface area contributed by atoms with Crippen LogP contribution in [0.1, 0.15) is 192 Å². The molecule has 9 heterocycles. The van der Waals surface area contributed by atoms with Gasteiger partial charge in [-0.05, 0) is 85.8 Å². The van der Waals surface area contributed by atoms with E-state index in [0.29, 0.717) is 0 Å². The average molecular weight is 1670 g/mol. The second-order valence-electron chi connectivity index (χ2n) is 27.6. The van der Waals surface area contributed by atoms with E-state index < -0.39 is 189 Å². The van der Waals surface area contributed by atoms with Gasteiger partial charge in [0, 0.05) is 27.1 Å². The number of allylic oxidation sites excluding steroid dienone is 1. The number of aliphatic imine (C=N–C) groups is 2. The molecule has 0 spiro atoms. The van der Waals surface area contributed by atoms with Crippen molar-refractivity contribution in [3.05, 3.63) is 148 Å². The Morgan fingerprint density at radius 1 is 0.770 bits per heavy atom. The number of thioether (sulfide) groups is 1. The number of esters is 1. The lowest BCUT2D eigenvalue weighted by Crippen LogP contribution is -2.57. The van der Waals surface area contributed by atoms with Crippen LogP contribution in [0, 0.1) is 5.92 Å². The molecule has 5 aromatic rings. The molecular formula is C71H82N18O18S6. The number of nitrogens with one attached hydrogen (secondary N) is 11. The lowest BCUT2D eigenvalue weighted by atomic mass is 9.80. The van der Waals surface area contributed by atoms with Crippen molar-refractivity contribution >= 4 is 156 Å². The molecule has 13 bridgehead atoms. The zero-order valence-electron chi connectivity index (χ0n) is 62.2. The van der Waals surface area contributed by atoms with Crippen LogP contribution in [0.15, 0.2) is 92.2 Å². The number of aliphatic carboxylic acids is 1. The van der Waals surface area contributed by atoms with Gasteiger partial charge in [-0.1, -0.05) is 75.8 Å². The number of nitrogens with zero attached hydrogens (tertiary/aromatic N) is 7. The fourth-order valence-corrected chi connectivity index (χ4v) is 17.3. The Balaban J connectivity index is 1.17. The van der Waals surface area contributed by atoms with Crippen molar-refractivity contribution < 1.29 is 88.1 Å². The van der Waals surface area contributed by atoms with E-state index in [1.807, 2.05) is 5.32 Å². The number of thiocarbonyl (C=S) groups is 1. The molecule has 0 fully saturated rings. The highest BCUT2D eigenvalue weighted by atomic mass is 32.2. The van der Waals surface area contributed by atoms with Gasteiger partial charge in [-0.15, -0.1) is 45.3 Å². The standard InChI is InChI=1S/C71H82N18O18S6/c1-14-37-63-72-20-45(113-63)59(100)88-52(70(13,106)34(12)92)66-84-44(24-111-66)62(108)87-48-33(11)107-68(105)40-19-36(31(9)90)35-15-16-38(50(93)49(35)79-40)78-46(25(2)3)60(101)76-28(6)54(95)73-26(4)53(94)74-29(7)56(97)89-71(69-85-43(23-112-69)58(99)86-47(32(10)91)61(102)81-37)18-17-39(80-51(71)41-21-110-65(48)82-41)64-83-42(22-109-64)57(98)75-27(5)55(96)77-30(8)67(103)104/h14-16,19,21-25,28-29,31-34,38,45-48,50-52,78,90-93,106H,4-5,8,17-18,20H2,1-3,6-7,9-13H3,(H,73,95)(H,74,94)(H,75,98)(H,76,101)(H,77,96)(H,81,102)(H,86,99)(H,87,108)(H,88,100)(H,89,97)(H,103,104). The third-order valence-corrected chi connectivity index (χ3v) is 24.2. The number of aliphatic hydroxyl groups excluding tert-OH is 4. The van der Waals surface area contributed by atoms with E-state index in [0.717, 1.165) is 57.1 Å². The molecule has 1 aliphatic carbocycles. The number of pyridine rings is 1. The van der Waals surface area contributed by atoms with Crippen LogP contribution in [0.4, 0.5) is 0 Å². The van der Waals surface area contributed by atoms with Gasteiger partial charge >= 0.3 is 11.9 Å². The summed E-state index contributed by atoms with van der Waals surface area (Å²) in [7, 11) is 0. The predicted molar refractivity (Wildman–Crippen MR) is 419 cm³/mol. The van der Waals surface area contributed by atoms with E-state index in [1.165, 1.54) is 82.1 Å². The summed E-state index contributed by atoms with van der Waals surface area (Å²) in [6, 6.07) is -9.93. The lowest BCUT2D eigenvalue weighted by Gasteiger charge is -2.41. The second-order valence-corrected chi connectivity index (χ2v) is 32.7. The second kappa shape index (κ2) is 35.1. The van der Waals surface area contributed by atoms with Crippen molar-refractivity contribution in [2.45, 2.75) is 177 Å². The van der Waals surface area contributed by atoms with E-state index in [1.54, 1.807) is 32.9 Å². The molecule has 5 aromatic heterocycles. The molecular weight excluding hydrogens is 1590 g/mol. The molecule has 10 rings (SSSR count). The first-order chi connectivity index (χ1) is 53.2. The number of thiazole rings is 4. The molecule has 600 valence electrons. The minimum Gasteiger partial charge on any atom is -0.477 e. The number of carboxylic acid groups (broad SMARTS) is 1. The summed E-state index contributed by atoms with van der Waals surface area (Å²) in [5.74, 6) is -11.6. The number of carbonyl (C=O) groups is 11.